The summed E-state index contributed by atoms with van der Waals surface area (Å²) in [6.45, 7) is 7.12. The minimum absolute atomic E-state index is 0.144. The topological polar surface area (TPSA) is 56.8 Å². The van der Waals surface area contributed by atoms with Gasteiger partial charge in [-0.3, -0.25) is 9.59 Å². The Hall–Kier alpha value is -2.11. The number of hydrogen-bond donors (Lipinski definition) is 0. The summed E-state index contributed by atoms with van der Waals surface area (Å²) in [7, 11) is 0. The van der Waals surface area contributed by atoms with Gasteiger partial charge >= 0.3 is 0 Å². The Morgan fingerprint density at radius 1 is 0.903 bits per heavy atom. The minimum Gasteiger partial charge on any atom is -0.353 e. The maximum Gasteiger partial charge on any atom is 0.228 e. The van der Waals surface area contributed by atoms with E-state index < -0.39 is 0 Å². The van der Waals surface area contributed by atoms with Crippen LogP contribution in [0.15, 0.2) is 24.4 Å². The molecule has 6 nitrogen and oxygen atoms in total. The number of aromatic nitrogens is 1. The van der Waals surface area contributed by atoms with Crippen LogP contribution in [-0.4, -0.2) is 65.9 Å². The van der Waals surface area contributed by atoms with Crippen LogP contribution in [0.4, 0.5) is 5.82 Å². The number of piperidine rings is 1. The van der Waals surface area contributed by atoms with Crippen LogP contribution in [0.5, 0.6) is 0 Å². The van der Waals surface area contributed by atoms with Gasteiger partial charge in [0.15, 0.2) is 0 Å². The maximum atomic E-state index is 13.2. The summed E-state index contributed by atoms with van der Waals surface area (Å²) in [5, 5.41) is 0. The third kappa shape index (κ3) is 3.94. The Kier molecular flexibility index (Phi) is 5.43. The molecule has 168 valence electrons. The molecule has 2 aliphatic carbocycles. The van der Waals surface area contributed by atoms with Crippen LogP contribution in [0.25, 0.3) is 0 Å². The SMILES string of the molecule is CC1(C(=O)N2CCC3(CC2)C[C@H]3C(=O)N2CCN(c3ccccn3)CC2)CCCCC1. The number of amides is 2. The van der Waals surface area contributed by atoms with Crippen LogP contribution < -0.4 is 4.90 Å². The Labute approximate surface area is 186 Å². The highest BCUT2D eigenvalue weighted by molar-refractivity contribution is 5.84. The minimum atomic E-state index is -0.144. The average molecular weight is 425 g/mol. The highest BCUT2D eigenvalue weighted by atomic mass is 16.2. The standard InChI is InChI=1S/C25H36N4O2/c1-24(8-4-2-5-9-24)23(31)29-13-10-25(11-14-29)19-20(25)22(30)28-17-15-27(16-18-28)21-7-3-6-12-26-21/h3,6-7,12,20H,2,4-5,8-11,13-19H2,1H3/t20-/m0/s1. The van der Waals surface area contributed by atoms with Crippen LogP contribution in [0.2, 0.25) is 0 Å². The molecular weight excluding hydrogens is 388 g/mol. The van der Waals surface area contributed by atoms with Crippen molar-refractivity contribution in [2.45, 2.75) is 58.3 Å². The van der Waals surface area contributed by atoms with Crippen LogP contribution >= 0.6 is 0 Å². The molecule has 4 aliphatic rings. The van der Waals surface area contributed by atoms with Gasteiger partial charge in [-0.15, -0.1) is 0 Å². The number of pyridine rings is 1. The molecule has 1 atom stereocenters. The number of rotatable bonds is 3. The number of piperazine rings is 1. The molecule has 31 heavy (non-hydrogen) atoms. The fraction of sp³-hybridized carbons (Fsp3) is 0.720. The number of nitrogens with zero attached hydrogens (tertiary/aromatic N) is 4. The van der Waals surface area contributed by atoms with Gasteiger partial charge < -0.3 is 14.7 Å². The Balaban J connectivity index is 1.12. The lowest BCUT2D eigenvalue weighted by Crippen LogP contribution is -2.50. The summed E-state index contributed by atoms with van der Waals surface area (Å²) in [6, 6.07) is 5.99. The van der Waals surface area contributed by atoms with E-state index in [1.54, 1.807) is 0 Å². The molecule has 1 spiro atoms. The summed E-state index contributed by atoms with van der Waals surface area (Å²) in [5.74, 6) is 1.90. The van der Waals surface area contributed by atoms with E-state index in [1.807, 2.05) is 24.4 Å². The molecule has 2 aliphatic heterocycles. The smallest absolute Gasteiger partial charge is 0.228 e. The summed E-state index contributed by atoms with van der Waals surface area (Å²) >= 11 is 0. The number of carbonyl (C=O) groups is 2. The third-order valence-electron chi connectivity index (χ3n) is 8.57. The monoisotopic (exact) mass is 424 g/mol. The molecule has 0 bridgehead atoms. The summed E-state index contributed by atoms with van der Waals surface area (Å²) in [5.41, 5.74) is 0.0221. The van der Waals surface area contributed by atoms with E-state index in [9.17, 15) is 9.59 Å². The van der Waals surface area contributed by atoms with Gasteiger partial charge in [-0.2, -0.15) is 0 Å². The van der Waals surface area contributed by atoms with Gasteiger partial charge in [0.25, 0.3) is 0 Å². The van der Waals surface area contributed by atoms with E-state index in [2.05, 4.69) is 26.6 Å². The Morgan fingerprint density at radius 2 is 1.61 bits per heavy atom. The van der Waals surface area contributed by atoms with Gasteiger partial charge in [0.05, 0.1) is 0 Å². The van der Waals surface area contributed by atoms with Crippen molar-refractivity contribution in [2.75, 3.05) is 44.2 Å². The van der Waals surface area contributed by atoms with Gasteiger partial charge in [0.2, 0.25) is 11.8 Å². The average Bonchev–Trinajstić information content (AvgIpc) is 3.53. The van der Waals surface area contributed by atoms with E-state index in [0.29, 0.717) is 11.8 Å². The van der Waals surface area contributed by atoms with Gasteiger partial charge in [-0.05, 0) is 49.7 Å². The molecule has 1 aromatic rings. The molecule has 1 aromatic heterocycles. The van der Waals surface area contributed by atoms with E-state index in [0.717, 1.165) is 77.2 Å². The van der Waals surface area contributed by atoms with Crippen molar-refractivity contribution >= 4 is 17.6 Å². The number of carbonyl (C=O) groups excluding carboxylic acids is 2. The molecule has 0 aromatic carbocycles. The Bertz CT molecular complexity index is 804. The summed E-state index contributed by atoms with van der Waals surface area (Å²) in [6.07, 6.45) is 10.6. The molecule has 2 saturated carbocycles. The number of likely N-dealkylation sites (tertiary alicyclic amines) is 1. The second-order valence-electron chi connectivity index (χ2n) is 10.5. The lowest BCUT2D eigenvalue weighted by molar-refractivity contribution is -0.145. The summed E-state index contributed by atoms with van der Waals surface area (Å²) in [4.78, 5) is 37.2. The van der Waals surface area contributed by atoms with Gasteiger partial charge in [0.1, 0.15) is 5.82 Å². The molecule has 6 heteroatoms. The molecule has 3 heterocycles. The fourth-order valence-corrected chi connectivity index (χ4v) is 6.25. The number of anilines is 1. The van der Waals surface area contributed by atoms with E-state index in [-0.39, 0.29) is 16.7 Å². The maximum absolute atomic E-state index is 13.2. The second-order valence-corrected chi connectivity index (χ2v) is 10.5. The Morgan fingerprint density at radius 3 is 2.26 bits per heavy atom. The first kappa shape index (κ1) is 20.8. The van der Waals surface area contributed by atoms with Crippen LogP contribution in [0.1, 0.15) is 58.3 Å². The largest absolute Gasteiger partial charge is 0.353 e. The lowest BCUT2D eigenvalue weighted by atomic mass is 9.74. The van der Waals surface area contributed by atoms with E-state index >= 15 is 0 Å². The molecule has 0 radical (unpaired) electrons. The molecule has 2 saturated heterocycles. The van der Waals surface area contributed by atoms with Gasteiger partial charge in [0, 0.05) is 56.8 Å². The van der Waals surface area contributed by atoms with Crippen molar-refractivity contribution < 1.29 is 9.59 Å². The van der Waals surface area contributed by atoms with Crippen molar-refractivity contribution in [3.05, 3.63) is 24.4 Å². The first-order valence-electron chi connectivity index (χ1n) is 12.3. The first-order chi connectivity index (χ1) is 15.0. The zero-order valence-corrected chi connectivity index (χ0v) is 18.9. The van der Waals surface area contributed by atoms with Crippen LogP contribution in [-0.2, 0) is 9.59 Å². The van der Waals surface area contributed by atoms with Crippen molar-refractivity contribution in [2.24, 2.45) is 16.7 Å². The quantitative estimate of drug-likeness (QED) is 0.747. The zero-order chi connectivity index (χ0) is 21.5. The first-order valence-corrected chi connectivity index (χ1v) is 12.3. The highest BCUT2D eigenvalue weighted by Crippen LogP contribution is 2.60. The second kappa shape index (κ2) is 8.10. The predicted octanol–water partition coefficient (Wildman–Crippen LogP) is 3.33. The zero-order valence-electron chi connectivity index (χ0n) is 18.9. The normalized spacial score (nSPS) is 27.3. The fourth-order valence-electron chi connectivity index (χ4n) is 6.25. The van der Waals surface area contributed by atoms with Crippen molar-refractivity contribution in [1.29, 1.82) is 0 Å². The molecule has 5 rings (SSSR count). The van der Waals surface area contributed by atoms with Crippen molar-refractivity contribution in [3.63, 3.8) is 0 Å². The highest BCUT2D eigenvalue weighted by Gasteiger charge is 2.60. The molecule has 0 unspecified atom stereocenters. The van der Waals surface area contributed by atoms with Crippen molar-refractivity contribution in [1.82, 2.24) is 14.8 Å². The molecule has 0 N–H and O–H groups in total. The predicted molar refractivity (Wildman–Crippen MR) is 121 cm³/mol. The third-order valence-corrected chi connectivity index (χ3v) is 8.57. The van der Waals surface area contributed by atoms with Crippen molar-refractivity contribution in [3.8, 4) is 0 Å². The van der Waals surface area contributed by atoms with Crippen LogP contribution in [0, 0.1) is 16.7 Å². The molecule has 2 amide bonds. The lowest BCUT2D eigenvalue weighted by Gasteiger charge is -2.41. The molecular formula is C25H36N4O2. The van der Waals surface area contributed by atoms with E-state index in [4.69, 9.17) is 0 Å². The summed E-state index contributed by atoms with van der Waals surface area (Å²) < 4.78 is 0. The van der Waals surface area contributed by atoms with Crippen LogP contribution in [0.3, 0.4) is 0 Å². The van der Waals surface area contributed by atoms with Gasteiger partial charge in [-0.25, -0.2) is 4.98 Å². The number of hydrogen-bond acceptors (Lipinski definition) is 4. The molecule has 4 fully saturated rings. The van der Waals surface area contributed by atoms with E-state index in [1.165, 1.54) is 19.3 Å². The van der Waals surface area contributed by atoms with Gasteiger partial charge in [-0.1, -0.05) is 32.3 Å².